The van der Waals surface area contributed by atoms with Gasteiger partial charge in [0, 0.05) is 32.6 Å². The third kappa shape index (κ3) is 5.54. The van der Waals surface area contributed by atoms with E-state index >= 15 is 0 Å². The van der Waals surface area contributed by atoms with Crippen LogP contribution in [0.15, 0.2) is 66.7 Å². The summed E-state index contributed by atoms with van der Waals surface area (Å²) in [6.45, 7) is 4.38. The predicted molar refractivity (Wildman–Crippen MR) is 131 cm³/mol. The number of ether oxygens (including phenoxy) is 1. The van der Waals surface area contributed by atoms with Crippen LogP contribution in [0.2, 0.25) is 0 Å². The average Bonchev–Trinajstić information content (AvgIpc) is 2.87. The Kier molecular flexibility index (Phi) is 7.28. The molecule has 0 spiro atoms. The first-order valence-electron chi connectivity index (χ1n) is 11.7. The molecule has 4 rings (SSSR count). The minimum atomic E-state index is -0.218. The van der Waals surface area contributed by atoms with Gasteiger partial charge in [-0.1, -0.05) is 54.6 Å². The first-order chi connectivity index (χ1) is 16.0. The highest BCUT2D eigenvalue weighted by Crippen LogP contribution is 2.26. The number of aryl methyl sites for hydroxylation is 1. The van der Waals surface area contributed by atoms with Gasteiger partial charge in [-0.3, -0.25) is 9.59 Å². The largest absolute Gasteiger partial charge is 0.497 e. The smallest absolute Gasteiger partial charge is 0.229 e. The number of fused-ring (bicyclic) bond motifs is 1. The van der Waals surface area contributed by atoms with E-state index in [9.17, 15) is 9.59 Å². The molecule has 1 saturated heterocycles. The Labute approximate surface area is 195 Å². The summed E-state index contributed by atoms with van der Waals surface area (Å²) in [6.07, 6.45) is 2.33. The van der Waals surface area contributed by atoms with Crippen LogP contribution >= 0.6 is 0 Å². The van der Waals surface area contributed by atoms with Crippen molar-refractivity contribution in [3.05, 3.63) is 77.9 Å². The molecule has 172 valence electrons. The summed E-state index contributed by atoms with van der Waals surface area (Å²) in [5.41, 5.74) is 2.28. The summed E-state index contributed by atoms with van der Waals surface area (Å²) in [6, 6.07) is 22.4. The summed E-state index contributed by atoms with van der Waals surface area (Å²) in [4.78, 5) is 29.6. The fourth-order valence-electron chi connectivity index (χ4n) is 4.48. The summed E-state index contributed by atoms with van der Waals surface area (Å²) < 4.78 is 5.30. The van der Waals surface area contributed by atoms with Crippen molar-refractivity contribution in [1.29, 1.82) is 0 Å². The molecule has 5 heteroatoms. The highest BCUT2D eigenvalue weighted by atomic mass is 16.5. The summed E-state index contributed by atoms with van der Waals surface area (Å²) in [5, 5.41) is 2.19. The molecule has 0 radical (unpaired) electrons. The Balaban J connectivity index is 1.28. The fourth-order valence-corrected chi connectivity index (χ4v) is 4.48. The van der Waals surface area contributed by atoms with E-state index in [4.69, 9.17) is 4.74 Å². The topological polar surface area (TPSA) is 49.9 Å². The molecule has 0 aliphatic carbocycles. The molecule has 0 bridgehead atoms. The van der Waals surface area contributed by atoms with Gasteiger partial charge in [-0.05, 0) is 53.8 Å². The van der Waals surface area contributed by atoms with Crippen molar-refractivity contribution in [1.82, 2.24) is 9.80 Å². The molecule has 0 aromatic heterocycles. The van der Waals surface area contributed by atoms with Gasteiger partial charge in [0.2, 0.25) is 11.8 Å². The first-order valence-corrected chi connectivity index (χ1v) is 11.7. The van der Waals surface area contributed by atoms with Gasteiger partial charge in [-0.15, -0.1) is 0 Å². The second-order valence-corrected chi connectivity index (χ2v) is 8.74. The van der Waals surface area contributed by atoms with Crippen molar-refractivity contribution in [2.45, 2.75) is 32.1 Å². The highest BCUT2D eigenvalue weighted by Gasteiger charge is 2.27. The number of carbonyl (C=O) groups is 2. The fraction of sp³-hybridized carbons (Fsp3) is 0.357. The lowest BCUT2D eigenvalue weighted by atomic mass is 9.96. The van der Waals surface area contributed by atoms with Gasteiger partial charge in [-0.2, -0.15) is 0 Å². The molecular weight excluding hydrogens is 412 g/mol. The van der Waals surface area contributed by atoms with Gasteiger partial charge in [0.1, 0.15) is 5.75 Å². The van der Waals surface area contributed by atoms with Gasteiger partial charge in [0.05, 0.1) is 13.0 Å². The minimum Gasteiger partial charge on any atom is -0.497 e. The van der Waals surface area contributed by atoms with Crippen molar-refractivity contribution in [2.24, 2.45) is 0 Å². The molecule has 1 aliphatic rings. The number of hydrogen-bond donors (Lipinski definition) is 0. The van der Waals surface area contributed by atoms with Crippen LogP contribution in [0, 0.1) is 0 Å². The Morgan fingerprint density at radius 2 is 1.55 bits per heavy atom. The van der Waals surface area contributed by atoms with Crippen molar-refractivity contribution in [3.63, 3.8) is 0 Å². The number of rotatable bonds is 7. The number of methoxy groups -OCH3 is 1. The second kappa shape index (κ2) is 10.5. The molecule has 3 aromatic carbocycles. The van der Waals surface area contributed by atoms with Crippen molar-refractivity contribution < 1.29 is 14.3 Å². The van der Waals surface area contributed by atoms with Gasteiger partial charge in [0.15, 0.2) is 0 Å². The number of amides is 2. The molecule has 3 aromatic rings. The van der Waals surface area contributed by atoms with E-state index < -0.39 is 0 Å². The quantitative estimate of drug-likeness (QED) is 0.533. The van der Waals surface area contributed by atoms with Gasteiger partial charge >= 0.3 is 0 Å². The molecule has 33 heavy (non-hydrogen) atoms. The molecule has 1 heterocycles. The maximum absolute atomic E-state index is 13.1. The van der Waals surface area contributed by atoms with Crippen molar-refractivity contribution >= 4 is 22.6 Å². The van der Waals surface area contributed by atoms with Crippen molar-refractivity contribution in [2.75, 3.05) is 33.3 Å². The standard InChI is InChI=1S/C28H32N2O3/c1-21(23-11-12-25-20-26(33-2)14-13-24(25)19-23)28(32)30-17-15-29(16-18-30)27(31)10-6-9-22-7-4-3-5-8-22/h3-5,7-8,11-14,19-21H,6,9-10,15-18H2,1-2H3/t21-/m0/s1. The normalized spacial score (nSPS) is 14.8. The summed E-state index contributed by atoms with van der Waals surface area (Å²) in [7, 11) is 1.66. The monoisotopic (exact) mass is 444 g/mol. The van der Waals surface area contributed by atoms with Gasteiger partial charge in [0.25, 0.3) is 0 Å². The van der Waals surface area contributed by atoms with Crippen LogP contribution in [0.5, 0.6) is 5.75 Å². The van der Waals surface area contributed by atoms with Gasteiger partial charge < -0.3 is 14.5 Å². The molecular formula is C28H32N2O3. The lowest BCUT2D eigenvalue weighted by Gasteiger charge is -2.36. The lowest BCUT2D eigenvalue weighted by Crippen LogP contribution is -2.51. The van der Waals surface area contributed by atoms with Crippen LogP contribution in [0.3, 0.4) is 0 Å². The Morgan fingerprint density at radius 1 is 0.879 bits per heavy atom. The van der Waals surface area contributed by atoms with Crippen LogP contribution in [-0.2, 0) is 16.0 Å². The Morgan fingerprint density at radius 3 is 2.27 bits per heavy atom. The number of hydrogen-bond acceptors (Lipinski definition) is 3. The van der Waals surface area contributed by atoms with E-state index in [0.29, 0.717) is 32.6 Å². The van der Waals surface area contributed by atoms with Crippen LogP contribution in [-0.4, -0.2) is 54.9 Å². The van der Waals surface area contributed by atoms with E-state index in [1.165, 1.54) is 5.56 Å². The Hall–Kier alpha value is -3.34. The second-order valence-electron chi connectivity index (χ2n) is 8.74. The van der Waals surface area contributed by atoms with Gasteiger partial charge in [-0.25, -0.2) is 0 Å². The molecule has 1 fully saturated rings. The number of nitrogens with zero attached hydrogens (tertiary/aromatic N) is 2. The van der Waals surface area contributed by atoms with Crippen molar-refractivity contribution in [3.8, 4) is 5.75 Å². The molecule has 5 nitrogen and oxygen atoms in total. The lowest BCUT2D eigenvalue weighted by molar-refractivity contribution is -0.140. The zero-order chi connectivity index (χ0) is 23.2. The van der Waals surface area contributed by atoms with E-state index in [-0.39, 0.29) is 17.7 Å². The van der Waals surface area contributed by atoms with Crippen LogP contribution in [0.25, 0.3) is 10.8 Å². The molecule has 0 N–H and O–H groups in total. The summed E-state index contributed by atoms with van der Waals surface area (Å²) >= 11 is 0. The van der Waals surface area contributed by atoms with E-state index in [1.807, 2.05) is 65.3 Å². The Bertz CT molecular complexity index is 1100. The van der Waals surface area contributed by atoms with E-state index in [1.54, 1.807) is 7.11 Å². The van der Waals surface area contributed by atoms with Crippen LogP contribution in [0.1, 0.15) is 36.8 Å². The molecule has 2 amide bonds. The van der Waals surface area contributed by atoms with Crippen LogP contribution < -0.4 is 4.74 Å². The molecule has 0 saturated carbocycles. The molecule has 1 atom stereocenters. The third-order valence-electron chi connectivity index (χ3n) is 6.58. The van der Waals surface area contributed by atoms with Crippen LogP contribution in [0.4, 0.5) is 0 Å². The predicted octanol–water partition coefficient (Wildman–Crippen LogP) is 4.65. The zero-order valence-corrected chi connectivity index (χ0v) is 19.5. The third-order valence-corrected chi connectivity index (χ3v) is 6.58. The number of carbonyl (C=O) groups excluding carboxylic acids is 2. The number of benzene rings is 3. The van der Waals surface area contributed by atoms with E-state index in [2.05, 4.69) is 18.2 Å². The molecule has 0 unspecified atom stereocenters. The SMILES string of the molecule is COc1ccc2cc([C@H](C)C(=O)N3CCN(C(=O)CCCc4ccccc4)CC3)ccc2c1. The zero-order valence-electron chi connectivity index (χ0n) is 19.5. The highest BCUT2D eigenvalue weighted by molar-refractivity contribution is 5.88. The summed E-state index contributed by atoms with van der Waals surface area (Å²) in [5.74, 6) is 0.923. The van der Waals surface area contributed by atoms with E-state index in [0.717, 1.165) is 34.9 Å². The first kappa shape index (κ1) is 22.8. The number of piperazine rings is 1. The maximum Gasteiger partial charge on any atom is 0.229 e. The maximum atomic E-state index is 13.1. The minimum absolute atomic E-state index is 0.124. The average molecular weight is 445 g/mol. The molecule has 1 aliphatic heterocycles.